The second-order valence-corrected chi connectivity index (χ2v) is 6.75. The smallest absolute Gasteiger partial charge is 0.195 e. The van der Waals surface area contributed by atoms with Gasteiger partial charge in [-0.3, -0.25) is 4.57 Å². The van der Waals surface area contributed by atoms with Gasteiger partial charge in [0, 0.05) is 22.8 Å². The van der Waals surface area contributed by atoms with Crippen molar-refractivity contribution in [2.75, 3.05) is 0 Å². The highest BCUT2D eigenvalue weighted by Crippen LogP contribution is 2.31. The molecule has 0 amide bonds. The van der Waals surface area contributed by atoms with Gasteiger partial charge in [-0.05, 0) is 19.4 Å². The standard InChI is InChI=1S/C18H14N6S/c1-11-12(2)24(18-19-8-9-25-18)16-14(11)17-21-15(22-23(17)10-20-16)13-6-4-3-5-7-13/h3-10H,1-2H3. The van der Waals surface area contributed by atoms with E-state index >= 15 is 0 Å². The summed E-state index contributed by atoms with van der Waals surface area (Å²) in [6.45, 7) is 4.18. The molecule has 7 heteroatoms. The summed E-state index contributed by atoms with van der Waals surface area (Å²) in [4.78, 5) is 13.9. The van der Waals surface area contributed by atoms with E-state index in [4.69, 9.17) is 4.98 Å². The number of hydrogen-bond donors (Lipinski definition) is 0. The third kappa shape index (κ3) is 2.02. The lowest BCUT2D eigenvalue weighted by Gasteiger charge is -2.02. The lowest BCUT2D eigenvalue weighted by atomic mass is 10.2. The minimum absolute atomic E-state index is 0.703. The molecule has 0 saturated carbocycles. The SMILES string of the molecule is Cc1c(C)n(-c2nccs2)c2ncn3nc(-c4ccccc4)nc3c12. The van der Waals surface area contributed by atoms with E-state index in [0.29, 0.717) is 5.82 Å². The summed E-state index contributed by atoms with van der Waals surface area (Å²) in [5, 5.41) is 8.50. The normalized spacial score (nSPS) is 11.6. The van der Waals surface area contributed by atoms with Crippen molar-refractivity contribution >= 4 is 28.0 Å². The Bertz CT molecular complexity index is 1200. The quantitative estimate of drug-likeness (QED) is 0.488. The molecule has 1 aromatic carbocycles. The van der Waals surface area contributed by atoms with Crippen LogP contribution in [0.5, 0.6) is 0 Å². The summed E-state index contributed by atoms with van der Waals surface area (Å²) < 4.78 is 3.84. The molecule has 25 heavy (non-hydrogen) atoms. The van der Waals surface area contributed by atoms with Crippen molar-refractivity contribution in [3.8, 4) is 16.5 Å². The summed E-state index contributed by atoms with van der Waals surface area (Å²) in [5.41, 5.74) is 4.95. The zero-order chi connectivity index (χ0) is 17.0. The van der Waals surface area contributed by atoms with E-state index in [9.17, 15) is 0 Å². The maximum absolute atomic E-state index is 4.79. The average molecular weight is 346 g/mol. The van der Waals surface area contributed by atoms with Crippen LogP contribution >= 0.6 is 11.3 Å². The molecule has 4 heterocycles. The topological polar surface area (TPSA) is 60.9 Å². The van der Waals surface area contributed by atoms with Gasteiger partial charge in [0.25, 0.3) is 0 Å². The van der Waals surface area contributed by atoms with Crippen molar-refractivity contribution in [1.82, 2.24) is 29.1 Å². The molecule has 0 radical (unpaired) electrons. The van der Waals surface area contributed by atoms with Gasteiger partial charge in [0.05, 0.1) is 5.39 Å². The first kappa shape index (κ1) is 14.3. The van der Waals surface area contributed by atoms with Gasteiger partial charge in [-0.15, -0.1) is 16.4 Å². The summed E-state index contributed by atoms with van der Waals surface area (Å²) in [5.74, 6) is 0.703. The van der Waals surface area contributed by atoms with Crippen molar-refractivity contribution in [3.63, 3.8) is 0 Å². The van der Waals surface area contributed by atoms with Crippen LogP contribution in [-0.2, 0) is 0 Å². The largest absolute Gasteiger partial charge is 0.273 e. The Labute approximate surface area is 147 Å². The molecule has 122 valence electrons. The van der Waals surface area contributed by atoms with Crippen molar-refractivity contribution in [2.45, 2.75) is 13.8 Å². The summed E-state index contributed by atoms with van der Waals surface area (Å²) >= 11 is 1.59. The Hall–Kier alpha value is -3.06. The average Bonchev–Trinajstić information content (AvgIpc) is 3.35. The van der Waals surface area contributed by atoms with Crippen molar-refractivity contribution in [3.05, 3.63) is 59.5 Å². The van der Waals surface area contributed by atoms with Crippen LogP contribution in [0.25, 0.3) is 33.2 Å². The van der Waals surface area contributed by atoms with Crippen molar-refractivity contribution in [1.29, 1.82) is 0 Å². The zero-order valence-corrected chi connectivity index (χ0v) is 14.5. The number of rotatable bonds is 2. The molecule has 5 rings (SSSR count). The lowest BCUT2D eigenvalue weighted by Crippen LogP contribution is -1.98. The number of aromatic nitrogens is 6. The predicted octanol–water partition coefficient (Wildman–Crippen LogP) is 3.81. The molecule has 6 nitrogen and oxygen atoms in total. The van der Waals surface area contributed by atoms with Crippen molar-refractivity contribution < 1.29 is 0 Å². The second-order valence-electron chi connectivity index (χ2n) is 5.87. The predicted molar refractivity (Wildman–Crippen MR) is 98.2 cm³/mol. The van der Waals surface area contributed by atoms with Crippen molar-refractivity contribution in [2.24, 2.45) is 0 Å². The summed E-state index contributed by atoms with van der Waals surface area (Å²) in [6, 6.07) is 9.99. The molecule has 0 N–H and O–H groups in total. The van der Waals surface area contributed by atoms with Gasteiger partial charge in [0.2, 0.25) is 0 Å². The highest BCUT2D eigenvalue weighted by molar-refractivity contribution is 7.12. The molecule has 0 unspecified atom stereocenters. The third-order valence-electron chi connectivity index (χ3n) is 4.48. The first-order chi connectivity index (χ1) is 12.2. The second kappa shape index (κ2) is 5.22. The minimum atomic E-state index is 0.703. The Balaban J connectivity index is 1.84. The zero-order valence-electron chi connectivity index (χ0n) is 13.7. The molecular formula is C18H14N6S. The van der Waals surface area contributed by atoms with E-state index in [1.54, 1.807) is 22.2 Å². The molecule has 0 saturated heterocycles. The number of aryl methyl sites for hydroxylation is 1. The molecule has 0 bridgehead atoms. The number of thiazole rings is 1. The molecule has 0 aliphatic heterocycles. The molecule has 0 atom stereocenters. The van der Waals surface area contributed by atoms with Crippen LogP contribution < -0.4 is 0 Å². The number of benzene rings is 1. The highest BCUT2D eigenvalue weighted by atomic mass is 32.1. The van der Waals surface area contributed by atoms with Crippen LogP contribution in [0.3, 0.4) is 0 Å². The van der Waals surface area contributed by atoms with Crippen LogP contribution in [-0.4, -0.2) is 29.1 Å². The van der Waals surface area contributed by atoms with Gasteiger partial charge < -0.3 is 0 Å². The van der Waals surface area contributed by atoms with Crippen LogP contribution in [0.15, 0.2) is 48.2 Å². The van der Waals surface area contributed by atoms with E-state index in [2.05, 4.69) is 33.5 Å². The van der Waals surface area contributed by atoms with E-state index in [1.165, 1.54) is 0 Å². The maximum atomic E-state index is 4.79. The molecule has 0 fully saturated rings. The molecule has 0 spiro atoms. The van der Waals surface area contributed by atoms with E-state index in [1.807, 2.05) is 41.9 Å². The molecule has 4 aromatic heterocycles. The van der Waals surface area contributed by atoms with Crippen LogP contribution in [0, 0.1) is 13.8 Å². The fourth-order valence-electron chi connectivity index (χ4n) is 3.13. The van der Waals surface area contributed by atoms with Gasteiger partial charge >= 0.3 is 0 Å². The Morgan fingerprint density at radius 1 is 1.00 bits per heavy atom. The van der Waals surface area contributed by atoms with Gasteiger partial charge in [-0.2, -0.15) is 0 Å². The van der Waals surface area contributed by atoms with Crippen LogP contribution in [0.2, 0.25) is 0 Å². The Kier molecular flexibility index (Phi) is 2.98. The maximum Gasteiger partial charge on any atom is 0.195 e. The third-order valence-corrected chi connectivity index (χ3v) is 5.23. The van der Waals surface area contributed by atoms with E-state index in [0.717, 1.165) is 38.6 Å². The summed E-state index contributed by atoms with van der Waals surface area (Å²) in [7, 11) is 0. The Morgan fingerprint density at radius 3 is 2.60 bits per heavy atom. The van der Waals surface area contributed by atoms with Gasteiger partial charge in [-0.1, -0.05) is 30.3 Å². The first-order valence-corrected chi connectivity index (χ1v) is 8.80. The number of fused-ring (bicyclic) bond motifs is 3. The van der Waals surface area contributed by atoms with Gasteiger partial charge in [-0.25, -0.2) is 19.5 Å². The molecule has 0 aliphatic carbocycles. The highest BCUT2D eigenvalue weighted by Gasteiger charge is 2.20. The van der Waals surface area contributed by atoms with Crippen LogP contribution in [0.1, 0.15) is 11.3 Å². The lowest BCUT2D eigenvalue weighted by molar-refractivity contribution is 0.925. The fourth-order valence-corrected chi connectivity index (χ4v) is 3.82. The van der Waals surface area contributed by atoms with Gasteiger partial charge in [0.1, 0.15) is 6.33 Å². The first-order valence-electron chi connectivity index (χ1n) is 7.92. The minimum Gasteiger partial charge on any atom is -0.273 e. The number of hydrogen-bond acceptors (Lipinski definition) is 5. The monoisotopic (exact) mass is 346 g/mol. The molecule has 0 aliphatic rings. The Morgan fingerprint density at radius 2 is 1.84 bits per heavy atom. The number of nitrogens with zero attached hydrogens (tertiary/aromatic N) is 6. The molecule has 5 aromatic rings. The van der Waals surface area contributed by atoms with E-state index < -0.39 is 0 Å². The van der Waals surface area contributed by atoms with Gasteiger partial charge in [0.15, 0.2) is 22.3 Å². The van der Waals surface area contributed by atoms with Crippen LogP contribution in [0.4, 0.5) is 0 Å². The van der Waals surface area contributed by atoms with E-state index in [-0.39, 0.29) is 0 Å². The summed E-state index contributed by atoms with van der Waals surface area (Å²) in [6.07, 6.45) is 3.53. The fraction of sp³-hybridized carbons (Fsp3) is 0.111. The molecular weight excluding hydrogens is 332 g/mol.